The SMILES string of the molecule is CCNC(=NCc1ccc(S(N)(=O)=O)cc1)N1CC2CCCCC2C1.I. The number of hydrogen-bond acceptors (Lipinski definition) is 3. The van der Waals surface area contributed by atoms with Crippen LogP contribution in [0.5, 0.6) is 0 Å². The van der Waals surface area contributed by atoms with Gasteiger partial charge in [-0.2, -0.15) is 0 Å². The number of nitrogens with one attached hydrogen (secondary N) is 1. The molecule has 2 fully saturated rings. The first-order chi connectivity index (χ1) is 12.0. The summed E-state index contributed by atoms with van der Waals surface area (Å²) >= 11 is 0. The summed E-state index contributed by atoms with van der Waals surface area (Å²) in [5, 5.41) is 8.54. The molecule has 1 aliphatic heterocycles. The van der Waals surface area contributed by atoms with Crippen LogP contribution in [-0.2, 0) is 16.6 Å². The third kappa shape index (κ3) is 5.32. The van der Waals surface area contributed by atoms with E-state index in [1.807, 2.05) is 0 Å². The van der Waals surface area contributed by atoms with Crippen molar-refractivity contribution in [1.82, 2.24) is 10.2 Å². The van der Waals surface area contributed by atoms with Crippen LogP contribution in [0.2, 0.25) is 0 Å². The molecule has 0 spiro atoms. The first kappa shape index (κ1) is 21.4. The van der Waals surface area contributed by atoms with Crippen molar-refractivity contribution < 1.29 is 8.42 Å². The highest BCUT2D eigenvalue weighted by Crippen LogP contribution is 2.35. The average molecular weight is 492 g/mol. The number of sulfonamides is 1. The highest BCUT2D eigenvalue weighted by atomic mass is 127. The number of guanidine groups is 1. The number of fused-ring (bicyclic) bond motifs is 1. The monoisotopic (exact) mass is 492 g/mol. The molecule has 1 aliphatic carbocycles. The Balaban J connectivity index is 0.00000243. The molecular weight excluding hydrogens is 463 g/mol. The van der Waals surface area contributed by atoms with Gasteiger partial charge in [0.2, 0.25) is 10.0 Å². The van der Waals surface area contributed by atoms with Crippen LogP contribution < -0.4 is 10.5 Å². The normalized spacial score (nSPS) is 23.3. The second-order valence-corrected chi connectivity index (χ2v) is 8.63. The van der Waals surface area contributed by atoms with Crippen LogP contribution in [-0.4, -0.2) is 38.9 Å². The molecule has 1 saturated carbocycles. The summed E-state index contributed by atoms with van der Waals surface area (Å²) in [4.78, 5) is 7.29. The number of rotatable bonds is 4. The summed E-state index contributed by atoms with van der Waals surface area (Å²) in [5.74, 6) is 2.59. The van der Waals surface area contributed by atoms with Crippen molar-refractivity contribution in [2.75, 3.05) is 19.6 Å². The molecule has 0 aromatic heterocycles. The van der Waals surface area contributed by atoms with Gasteiger partial charge in [-0.3, -0.25) is 0 Å². The lowest BCUT2D eigenvalue weighted by Gasteiger charge is -2.22. The van der Waals surface area contributed by atoms with E-state index in [2.05, 4.69) is 17.1 Å². The molecule has 2 unspecified atom stereocenters. The molecule has 2 aliphatic rings. The Morgan fingerprint density at radius 2 is 1.77 bits per heavy atom. The number of halogens is 1. The fourth-order valence-corrected chi connectivity index (χ4v) is 4.47. The first-order valence-corrected chi connectivity index (χ1v) is 10.7. The molecule has 2 atom stereocenters. The van der Waals surface area contributed by atoms with Crippen molar-refractivity contribution in [3.8, 4) is 0 Å². The Hall–Kier alpha value is -0.870. The van der Waals surface area contributed by atoms with Gasteiger partial charge in [-0.25, -0.2) is 18.5 Å². The van der Waals surface area contributed by atoms with Gasteiger partial charge >= 0.3 is 0 Å². The fraction of sp³-hybridized carbons (Fsp3) is 0.611. The van der Waals surface area contributed by atoms with Gasteiger partial charge in [0.1, 0.15) is 0 Å². The van der Waals surface area contributed by atoms with E-state index in [4.69, 9.17) is 10.1 Å². The Bertz CT molecular complexity index is 707. The van der Waals surface area contributed by atoms with Crippen molar-refractivity contribution in [3.05, 3.63) is 29.8 Å². The lowest BCUT2D eigenvalue weighted by atomic mass is 9.82. The molecule has 0 bridgehead atoms. The van der Waals surface area contributed by atoms with Crippen molar-refractivity contribution in [3.63, 3.8) is 0 Å². The van der Waals surface area contributed by atoms with Gasteiger partial charge in [0.15, 0.2) is 5.96 Å². The lowest BCUT2D eigenvalue weighted by molar-refractivity contribution is 0.299. The van der Waals surface area contributed by atoms with Gasteiger partial charge in [0.25, 0.3) is 0 Å². The van der Waals surface area contributed by atoms with E-state index in [1.165, 1.54) is 37.8 Å². The topological polar surface area (TPSA) is 87.8 Å². The minimum atomic E-state index is -3.64. The molecule has 1 heterocycles. The zero-order valence-electron chi connectivity index (χ0n) is 15.2. The number of likely N-dealkylation sites (tertiary alicyclic amines) is 1. The molecule has 26 heavy (non-hydrogen) atoms. The van der Waals surface area contributed by atoms with Gasteiger partial charge in [-0.1, -0.05) is 25.0 Å². The number of primary sulfonamides is 1. The Kier molecular flexibility index (Phi) is 7.72. The van der Waals surface area contributed by atoms with Crippen LogP contribution in [0.15, 0.2) is 34.2 Å². The average Bonchev–Trinajstić information content (AvgIpc) is 3.02. The van der Waals surface area contributed by atoms with Gasteiger partial charge in [-0.15, -0.1) is 24.0 Å². The maximum atomic E-state index is 11.3. The smallest absolute Gasteiger partial charge is 0.238 e. The van der Waals surface area contributed by atoms with Crippen LogP contribution in [0.25, 0.3) is 0 Å². The molecule has 1 aromatic rings. The minimum absolute atomic E-state index is 0. The highest BCUT2D eigenvalue weighted by Gasteiger charge is 2.35. The first-order valence-electron chi connectivity index (χ1n) is 9.12. The molecule has 8 heteroatoms. The number of aliphatic imine (C=N–C) groups is 1. The van der Waals surface area contributed by atoms with Crippen LogP contribution >= 0.6 is 24.0 Å². The molecule has 6 nitrogen and oxygen atoms in total. The van der Waals surface area contributed by atoms with Gasteiger partial charge in [0.05, 0.1) is 11.4 Å². The molecule has 1 saturated heterocycles. The zero-order chi connectivity index (χ0) is 17.9. The lowest BCUT2D eigenvalue weighted by Crippen LogP contribution is -2.40. The number of hydrogen-bond donors (Lipinski definition) is 2. The number of nitrogens with zero attached hydrogens (tertiary/aromatic N) is 2. The predicted octanol–water partition coefficient (Wildman–Crippen LogP) is 2.54. The molecule has 146 valence electrons. The van der Waals surface area contributed by atoms with Gasteiger partial charge in [0, 0.05) is 19.6 Å². The number of nitrogens with two attached hydrogens (primary N) is 1. The third-order valence-corrected chi connectivity index (χ3v) is 6.20. The van der Waals surface area contributed by atoms with Gasteiger partial charge < -0.3 is 10.2 Å². The minimum Gasteiger partial charge on any atom is -0.357 e. The maximum Gasteiger partial charge on any atom is 0.238 e. The van der Waals surface area contributed by atoms with Crippen molar-refractivity contribution in [2.24, 2.45) is 22.0 Å². The van der Waals surface area contributed by atoms with Crippen LogP contribution in [0.1, 0.15) is 38.2 Å². The van der Waals surface area contributed by atoms with E-state index in [0.29, 0.717) is 6.54 Å². The number of benzene rings is 1. The molecular formula is C18H29IN4O2S. The van der Waals surface area contributed by atoms with Crippen molar-refractivity contribution in [2.45, 2.75) is 44.0 Å². The summed E-state index contributed by atoms with van der Waals surface area (Å²) in [6.07, 6.45) is 5.41. The van der Waals surface area contributed by atoms with E-state index in [-0.39, 0.29) is 28.9 Å². The quantitative estimate of drug-likeness (QED) is 0.384. The second-order valence-electron chi connectivity index (χ2n) is 7.07. The molecule has 1 aromatic carbocycles. The Morgan fingerprint density at radius 3 is 2.27 bits per heavy atom. The maximum absolute atomic E-state index is 11.3. The summed E-state index contributed by atoms with van der Waals surface area (Å²) in [6.45, 7) is 5.65. The van der Waals surface area contributed by atoms with E-state index in [1.54, 1.807) is 12.1 Å². The third-order valence-electron chi connectivity index (χ3n) is 5.27. The van der Waals surface area contributed by atoms with Gasteiger partial charge in [-0.05, 0) is 49.3 Å². The van der Waals surface area contributed by atoms with Crippen molar-refractivity contribution >= 4 is 40.0 Å². The summed E-state index contributed by atoms with van der Waals surface area (Å²) in [6, 6.07) is 6.63. The fourth-order valence-electron chi connectivity index (χ4n) is 3.96. The Morgan fingerprint density at radius 1 is 1.19 bits per heavy atom. The molecule has 0 amide bonds. The summed E-state index contributed by atoms with van der Waals surface area (Å²) in [5.41, 5.74) is 0.972. The second kappa shape index (κ2) is 9.36. The van der Waals surface area contributed by atoms with Crippen molar-refractivity contribution in [1.29, 1.82) is 0 Å². The van der Waals surface area contributed by atoms with E-state index in [9.17, 15) is 8.42 Å². The standard InChI is InChI=1S/C18H28N4O2S.HI/c1-2-20-18(22-12-15-5-3-4-6-16(15)13-22)21-11-14-7-9-17(10-8-14)25(19,23)24;/h7-10,15-16H,2-6,11-13H2,1H3,(H,20,21)(H2,19,23,24);1H. The van der Waals surface area contributed by atoms with Crippen LogP contribution in [0, 0.1) is 11.8 Å². The van der Waals surface area contributed by atoms with Crippen LogP contribution in [0.3, 0.4) is 0 Å². The highest BCUT2D eigenvalue weighted by molar-refractivity contribution is 14.0. The van der Waals surface area contributed by atoms with E-state index in [0.717, 1.165) is 43.0 Å². The summed E-state index contributed by atoms with van der Waals surface area (Å²) in [7, 11) is -3.64. The molecule has 0 radical (unpaired) electrons. The predicted molar refractivity (Wildman–Crippen MR) is 115 cm³/mol. The van der Waals surface area contributed by atoms with Crippen LogP contribution in [0.4, 0.5) is 0 Å². The van der Waals surface area contributed by atoms with E-state index >= 15 is 0 Å². The zero-order valence-corrected chi connectivity index (χ0v) is 18.4. The Labute approximate surface area is 173 Å². The van der Waals surface area contributed by atoms with E-state index < -0.39 is 10.0 Å². The molecule has 3 N–H and O–H groups in total. The molecule has 3 rings (SSSR count). The summed E-state index contributed by atoms with van der Waals surface area (Å²) < 4.78 is 22.7. The largest absolute Gasteiger partial charge is 0.357 e.